The molecular weight excluding hydrogens is 130 g/mol. The van der Waals surface area contributed by atoms with Crippen molar-refractivity contribution in [2.45, 2.75) is 19.9 Å². The molecule has 0 radical (unpaired) electrons. The quantitative estimate of drug-likeness (QED) is 0.595. The van der Waals surface area contributed by atoms with Gasteiger partial charge in [-0.2, -0.15) is 11.8 Å². The molecule has 56 valence electrons. The Kier molecular flexibility index (Phi) is 5.30. The first-order valence-corrected chi connectivity index (χ1v) is 4.77. The smallest absolute Gasteiger partial charge is 0.00719 e. The molecule has 0 saturated heterocycles. The van der Waals surface area contributed by atoms with Crippen LogP contribution in [0.3, 0.4) is 0 Å². The summed E-state index contributed by atoms with van der Waals surface area (Å²) in [7, 11) is 2.17. The van der Waals surface area contributed by atoms with Crippen LogP contribution in [-0.2, 0) is 0 Å². The summed E-state index contributed by atoms with van der Waals surface area (Å²) in [5.41, 5.74) is 0. The van der Waals surface area contributed by atoms with E-state index >= 15 is 0 Å². The van der Waals surface area contributed by atoms with Crippen LogP contribution < -0.4 is 0 Å². The molecule has 0 amide bonds. The molecule has 0 fully saturated rings. The van der Waals surface area contributed by atoms with E-state index in [1.165, 1.54) is 12.3 Å². The van der Waals surface area contributed by atoms with Gasteiger partial charge in [-0.25, -0.2) is 0 Å². The maximum atomic E-state index is 2.36. The largest absolute Gasteiger partial charge is 0.303 e. The number of nitrogens with zero attached hydrogens (tertiary/aromatic N) is 1. The Hall–Kier alpha value is 0.310. The average Bonchev–Trinajstić information content (AvgIpc) is 1.82. The molecule has 0 aliphatic rings. The highest BCUT2D eigenvalue weighted by molar-refractivity contribution is 7.98. The molecule has 0 spiro atoms. The summed E-state index contributed by atoms with van der Waals surface area (Å²) in [6.45, 7) is 5.65. The Labute approximate surface area is 62.8 Å². The van der Waals surface area contributed by atoms with Gasteiger partial charge < -0.3 is 4.90 Å². The van der Waals surface area contributed by atoms with Crippen LogP contribution in [0.25, 0.3) is 0 Å². The predicted octanol–water partition coefficient (Wildman–Crippen LogP) is 1.69. The van der Waals surface area contributed by atoms with E-state index in [1.807, 2.05) is 11.8 Å². The van der Waals surface area contributed by atoms with Crippen LogP contribution in [0.5, 0.6) is 0 Å². The van der Waals surface area contributed by atoms with E-state index in [4.69, 9.17) is 0 Å². The first-order valence-electron chi connectivity index (χ1n) is 3.37. The summed E-state index contributed by atoms with van der Waals surface area (Å²) < 4.78 is 0. The van der Waals surface area contributed by atoms with E-state index in [1.54, 1.807) is 0 Å². The first kappa shape index (κ1) is 9.31. The van der Waals surface area contributed by atoms with E-state index < -0.39 is 0 Å². The van der Waals surface area contributed by atoms with Crippen molar-refractivity contribution in [3.63, 3.8) is 0 Å². The average molecular weight is 147 g/mol. The zero-order chi connectivity index (χ0) is 7.28. The molecule has 0 aromatic carbocycles. The highest BCUT2D eigenvalue weighted by Gasteiger charge is 1.99. The predicted molar refractivity (Wildman–Crippen MR) is 46.1 cm³/mol. The van der Waals surface area contributed by atoms with Gasteiger partial charge in [0.25, 0.3) is 0 Å². The van der Waals surface area contributed by atoms with Crippen molar-refractivity contribution in [2.24, 2.45) is 0 Å². The molecule has 9 heavy (non-hydrogen) atoms. The van der Waals surface area contributed by atoms with Gasteiger partial charge in [-0.15, -0.1) is 0 Å². The highest BCUT2D eigenvalue weighted by Crippen LogP contribution is 1.96. The maximum absolute atomic E-state index is 2.36. The van der Waals surface area contributed by atoms with Gasteiger partial charge in [-0.3, -0.25) is 0 Å². The van der Waals surface area contributed by atoms with Gasteiger partial charge in [0.1, 0.15) is 0 Å². The van der Waals surface area contributed by atoms with Gasteiger partial charge >= 0.3 is 0 Å². The van der Waals surface area contributed by atoms with Gasteiger partial charge in [0.2, 0.25) is 0 Å². The molecule has 0 rings (SSSR count). The third-order valence-corrected chi connectivity index (χ3v) is 2.12. The van der Waals surface area contributed by atoms with Crippen LogP contribution in [0.2, 0.25) is 0 Å². The number of hydrogen-bond donors (Lipinski definition) is 0. The molecule has 0 aliphatic carbocycles. The number of thioether (sulfide) groups is 1. The van der Waals surface area contributed by atoms with Crippen LogP contribution in [0.4, 0.5) is 0 Å². The summed E-state index contributed by atoms with van der Waals surface area (Å²) in [6.07, 6.45) is 2.15. The number of rotatable bonds is 4. The lowest BCUT2D eigenvalue weighted by Crippen LogP contribution is -2.28. The van der Waals surface area contributed by atoms with Gasteiger partial charge in [0.15, 0.2) is 0 Å². The Balaban J connectivity index is 3.16. The Morgan fingerprint density at radius 3 is 2.33 bits per heavy atom. The lowest BCUT2D eigenvalue weighted by molar-refractivity contribution is 0.291. The molecule has 0 atom stereocenters. The molecule has 0 heterocycles. The first-order chi connectivity index (χ1) is 4.18. The molecule has 0 bridgehead atoms. The molecule has 2 heteroatoms. The minimum Gasteiger partial charge on any atom is -0.303 e. The zero-order valence-electron chi connectivity index (χ0n) is 6.85. The van der Waals surface area contributed by atoms with E-state index in [0.29, 0.717) is 6.04 Å². The molecule has 0 aliphatic heterocycles. The molecule has 0 saturated carbocycles. The van der Waals surface area contributed by atoms with E-state index in [2.05, 4.69) is 32.1 Å². The van der Waals surface area contributed by atoms with Crippen LogP contribution in [0.1, 0.15) is 13.8 Å². The molecule has 0 aromatic heterocycles. The van der Waals surface area contributed by atoms with Crippen molar-refractivity contribution in [3.05, 3.63) is 0 Å². The van der Waals surface area contributed by atoms with Crippen molar-refractivity contribution in [1.82, 2.24) is 4.90 Å². The fourth-order valence-corrected chi connectivity index (χ4v) is 0.964. The minimum absolute atomic E-state index is 0.692. The van der Waals surface area contributed by atoms with Crippen molar-refractivity contribution in [2.75, 3.05) is 25.6 Å². The topological polar surface area (TPSA) is 3.24 Å². The minimum atomic E-state index is 0.692. The maximum Gasteiger partial charge on any atom is 0.00719 e. The van der Waals surface area contributed by atoms with Gasteiger partial charge in [0.05, 0.1) is 0 Å². The van der Waals surface area contributed by atoms with Crippen LogP contribution in [0, 0.1) is 0 Å². The van der Waals surface area contributed by atoms with E-state index in [9.17, 15) is 0 Å². The van der Waals surface area contributed by atoms with Crippen molar-refractivity contribution < 1.29 is 0 Å². The van der Waals surface area contributed by atoms with E-state index in [-0.39, 0.29) is 0 Å². The molecule has 1 nitrogen and oxygen atoms in total. The van der Waals surface area contributed by atoms with Crippen molar-refractivity contribution in [1.29, 1.82) is 0 Å². The Morgan fingerprint density at radius 1 is 1.44 bits per heavy atom. The summed E-state index contributed by atoms with van der Waals surface area (Å²) in [4.78, 5) is 2.36. The van der Waals surface area contributed by atoms with Crippen LogP contribution in [0.15, 0.2) is 0 Å². The van der Waals surface area contributed by atoms with Gasteiger partial charge in [-0.1, -0.05) is 0 Å². The zero-order valence-corrected chi connectivity index (χ0v) is 7.66. The van der Waals surface area contributed by atoms with Crippen LogP contribution in [-0.4, -0.2) is 36.5 Å². The van der Waals surface area contributed by atoms with Crippen molar-refractivity contribution in [3.8, 4) is 0 Å². The van der Waals surface area contributed by atoms with Crippen molar-refractivity contribution >= 4 is 11.8 Å². The molecule has 0 N–H and O–H groups in total. The monoisotopic (exact) mass is 147 g/mol. The molecule has 0 aromatic rings. The summed E-state index contributed by atoms with van der Waals surface area (Å²) in [5.74, 6) is 1.24. The fraction of sp³-hybridized carbons (Fsp3) is 1.00. The van der Waals surface area contributed by atoms with E-state index in [0.717, 1.165) is 0 Å². The summed E-state index contributed by atoms with van der Waals surface area (Å²) in [6, 6.07) is 0.692. The number of hydrogen-bond acceptors (Lipinski definition) is 2. The summed E-state index contributed by atoms with van der Waals surface area (Å²) >= 11 is 1.91. The van der Waals surface area contributed by atoms with Crippen LogP contribution >= 0.6 is 11.8 Å². The Bertz CT molecular complexity index is 63.9. The standard InChI is InChI=1S/C7H17NS/c1-7(2)8(3)5-6-9-4/h7H,5-6H2,1-4H3. The highest BCUT2D eigenvalue weighted by atomic mass is 32.2. The third-order valence-electron chi connectivity index (χ3n) is 1.53. The third kappa shape index (κ3) is 4.79. The molecular formula is C7H17NS. The second-order valence-electron chi connectivity index (χ2n) is 2.57. The fourth-order valence-electron chi connectivity index (χ4n) is 0.493. The Morgan fingerprint density at radius 2 is 2.00 bits per heavy atom. The summed E-state index contributed by atoms with van der Waals surface area (Å²) in [5, 5.41) is 0. The lowest BCUT2D eigenvalue weighted by atomic mass is 10.3. The van der Waals surface area contributed by atoms with Gasteiger partial charge in [-0.05, 0) is 27.2 Å². The lowest BCUT2D eigenvalue weighted by Gasteiger charge is -2.19. The normalized spacial score (nSPS) is 11.3. The second-order valence-corrected chi connectivity index (χ2v) is 3.55. The second kappa shape index (κ2) is 5.12. The molecule has 0 unspecified atom stereocenters. The SMILES string of the molecule is CSCCN(C)C(C)C. The van der Waals surface area contributed by atoms with Gasteiger partial charge in [0, 0.05) is 18.3 Å².